The van der Waals surface area contributed by atoms with Crippen molar-refractivity contribution in [1.29, 1.82) is 0 Å². The number of aliphatic hydroxyl groups excluding tert-OH is 2. The summed E-state index contributed by atoms with van der Waals surface area (Å²) in [5, 5.41) is 17.5. The molecule has 0 spiro atoms. The first-order chi connectivity index (χ1) is 4.52. The molecule has 0 saturated carbocycles. The second-order valence-electron chi connectivity index (χ2n) is 3.07. The number of rotatable bonds is 4. The minimum atomic E-state index is -0.659. The Hall–Kier alpha value is 0.170. The predicted octanol–water partition coefficient (Wildman–Crippen LogP) is -0.388. The second-order valence-corrected chi connectivity index (χ2v) is 3.31. The van der Waals surface area contributed by atoms with E-state index < -0.39 is 6.10 Å². The van der Waals surface area contributed by atoms with E-state index in [1.807, 2.05) is 14.1 Å². The molecular weight excluding hydrogens is 154 g/mol. The monoisotopic (exact) mass is 168 g/mol. The number of nitrogens with zero attached hydrogens (tertiary/aromatic N) is 1. The van der Waals surface area contributed by atoms with Gasteiger partial charge in [-0.3, -0.25) is 0 Å². The van der Waals surface area contributed by atoms with Gasteiger partial charge in [0, 0.05) is 0 Å². The Kier molecular flexibility index (Phi) is 4.20. The third-order valence-electron chi connectivity index (χ3n) is 1.24. The number of aliphatic hydroxyl groups is 2. The van der Waals surface area contributed by atoms with Crippen molar-refractivity contribution in [2.45, 2.75) is 6.10 Å². The van der Waals surface area contributed by atoms with Crippen LogP contribution >= 0.6 is 11.6 Å². The van der Waals surface area contributed by atoms with Gasteiger partial charge in [0.05, 0.1) is 20.7 Å². The minimum absolute atomic E-state index is 0.196. The largest absolute Gasteiger partial charge is 0.393 e. The molecule has 1 unspecified atom stereocenters. The number of likely N-dealkylation sites (N-methyl/N-ethyl adjacent to an activating group) is 1. The van der Waals surface area contributed by atoms with Crippen LogP contribution in [0, 0.1) is 0 Å². The third kappa shape index (κ3) is 4.06. The van der Waals surface area contributed by atoms with Crippen LogP contribution in [0.15, 0.2) is 0 Å². The lowest BCUT2D eigenvalue weighted by atomic mass is 10.3. The van der Waals surface area contributed by atoms with E-state index in [2.05, 4.69) is 0 Å². The van der Waals surface area contributed by atoms with Crippen LogP contribution in [0.1, 0.15) is 0 Å². The van der Waals surface area contributed by atoms with Gasteiger partial charge in [0.2, 0.25) is 0 Å². The molecule has 10 heavy (non-hydrogen) atoms. The molecule has 0 aliphatic heterocycles. The highest BCUT2D eigenvalue weighted by molar-refractivity contribution is 6.16. The van der Waals surface area contributed by atoms with Crippen LogP contribution in [0.3, 0.4) is 0 Å². The Morgan fingerprint density at radius 2 is 2.00 bits per heavy atom. The molecule has 0 amide bonds. The van der Waals surface area contributed by atoms with Crippen molar-refractivity contribution in [1.82, 2.24) is 0 Å². The van der Waals surface area contributed by atoms with E-state index in [1.165, 1.54) is 0 Å². The van der Waals surface area contributed by atoms with Gasteiger partial charge in [-0.05, 0) is 0 Å². The number of hydrogen-bond donors (Lipinski definition) is 2. The zero-order chi connectivity index (χ0) is 8.20. The predicted molar refractivity (Wildman–Crippen MR) is 40.8 cm³/mol. The molecule has 3 nitrogen and oxygen atoms in total. The molecule has 0 aliphatic carbocycles. The van der Waals surface area contributed by atoms with E-state index in [4.69, 9.17) is 21.8 Å². The highest BCUT2D eigenvalue weighted by Gasteiger charge is 2.17. The summed E-state index contributed by atoms with van der Waals surface area (Å²) in [5.74, 6) is 0. The molecule has 0 bridgehead atoms. The van der Waals surface area contributed by atoms with Crippen molar-refractivity contribution in [3.63, 3.8) is 0 Å². The summed E-state index contributed by atoms with van der Waals surface area (Å²) in [7, 11) is 3.79. The summed E-state index contributed by atoms with van der Waals surface area (Å²) in [6, 6.07) is 0.442. The molecule has 0 radical (unpaired) electrons. The SMILES string of the molecule is C[N+](C)(CCl)CC(O)CO. The Labute approximate surface area is 66.4 Å². The fourth-order valence-electron chi connectivity index (χ4n) is 0.677. The molecule has 2 N–H and O–H groups in total. The fourth-order valence-corrected chi connectivity index (χ4v) is 0.775. The van der Waals surface area contributed by atoms with E-state index in [9.17, 15) is 0 Å². The number of hydrogen-bond acceptors (Lipinski definition) is 2. The highest BCUT2D eigenvalue weighted by Crippen LogP contribution is 2.00. The Balaban J connectivity index is 3.64. The lowest BCUT2D eigenvalue weighted by Gasteiger charge is -2.28. The van der Waals surface area contributed by atoms with Crippen molar-refractivity contribution < 1.29 is 14.7 Å². The van der Waals surface area contributed by atoms with Crippen LogP contribution in [0.4, 0.5) is 0 Å². The van der Waals surface area contributed by atoms with Crippen molar-refractivity contribution in [2.75, 3.05) is 33.3 Å². The quantitative estimate of drug-likeness (QED) is 0.341. The standard InChI is InChI=1S/C6H15ClNO2/c1-8(2,5-7)3-6(10)4-9/h6,9-10H,3-5H2,1-2H3/q+1. The maximum atomic E-state index is 9.00. The maximum Gasteiger partial charge on any atom is 0.154 e. The van der Waals surface area contributed by atoms with Gasteiger partial charge in [0.25, 0.3) is 0 Å². The Morgan fingerprint density at radius 1 is 1.50 bits per heavy atom. The molecule has 0 aromatic rings. The van der Waals surface area contributed by atoms with Crippen LogP contribution in [0.2, 0.25) is 0 Å². The minimum Gasteiger partial charge on any atom is -0.393 e. The molecule has 0 fully saturated rings. The molecule has 0 heterocycles. The van der Waals surface area contributed by atoms with Crippen molar-refractivity contribution in [3.8, 4) is 0 Å². The van der Waals surface area contributed by atoms with E-state index in [0.717, 1.165) is 0 Å². The van der Waals surface area contributed by atoms with E-state index >= 15 is 0 Å². The Morgan fingerprint density at radius 3 is 2.30 bits per heavy atom. The van der Waals surface area contributed by atoms with Gasteiger partial charge in [-0.15, -0.1) is 0 Å². The van der Waals surface area contributed by atoms with Crippen LogP contribution in [-0.2, 0) is 0 Å². The zero-order valence-electron chi connectivity index (χ0n) is 6.42. The lowest BCUT2D eigenvalue weighted by Crippen LogP contribution is -2.45. The number of halogens is 1. The number of alkyl halides is 1. The van der Waals surface area contributed by atoms with Gasteiger partial charge in [-0.25, -0.2) is 0 Å². The topological polar surface area (TPSA) is 40.5 Å². The van der Waals surface area contributed by atoms with Gasteiger partial charge < -0.3 is 14.7 Å². The molecule has 0 aromatic heterocycles. The Bertz CT molecular complexity index is 97.7. The normalized spacial score (nSPS) is 15.3. The van der Waals surface area contributed by atoms with Gasteiger partial charge >= 0.3 is 0 Å². The average Bonchev–Trinajstić information content (AvgIpc) is 1.87. The molecule has 62 valence electrons. The summed E-state index contributed by atoms with van der Waals surface area (Å²) in [6.07, 6.45) is -0.659. The molecule has 0 aliphatic rings. The molecule has 0 rings (SSSR count). The summed E-state index contributed by atoms with van der Waals surface area (Å²) >= 11 is 5.57. The summed E-state index contributed by atoms with van der Waals surface area (Å²) in [6.45, 7) is 0.290. The summed E-state index contributed by atoms with van der Waals surface area (Å²) < 4.78 is 0.517. The van der Waals surface area contributed by atoms with Gasteiger partial charge in [-0.2, -0.15) is 0 Å². The molecular formula is C6H15ClNO2+. The lowest BCUT2D eigenvalue weighted by molar-refractivity contribution is -0.882. The summed E-state index contributed by atoms with van der Waals surface area (Å²) in [5.41, 5.74) is 0. The second kappa shape index (κ2) is 4.13. The fraction of sp³-hybridized carbons (Fsp3) is 1.00. The third-order valence-corrected chi connectivity index (χ3v) is 1.89. The number of quaternary nitrogens is 1. The first kappa shape index (κ1) is 10.2. The maximum absolute atomic E-state index is 9.00. The molecule has 0 aromatic carbocycles. The van der Waals surface area contributed by atoms with Gasteiger partial charge in [0.1, 0.15) is 12.6 Å². The molecule has 1 atom stereocenters. The van der Waals surface area contributed by atoms with E-state index in [1.54, 1.807) is 0 Å². The van der Waals surface area contributed by atoms with Crippen molar-refractivity contribution in [3.05, 3.63) is 0 Å². The average molecular weight is 169 g/mol. The van der Waals surface area contributed by atoms with Gasteiger partial charge in [0.15, 0.2) is 6.00 Å². The van der Waals surface area contributed by atoms with Crippen LogP contribution in [0.5, 0.6) is 0 Å². The van der Waals surface area contributed by atoms with E-state index in [0.29, 0.717) is 17.0 Å². The highest BCUT2D eigenvalue weighted by atomic mass is 35.5. The first-order valence-corrected chi connectivity index (χ1v) is 3.72. The summed E-state index contributed by atoms with van der Waals surface area (Å²) in [4.78, 5) is 0. The molecule has 4 heteroatoms. The molecule has 0 saturated heterocycles. The zero-order valence-corrected chi connectivity index (χ0v) is 7.17. The van der Waals surface area contributed by atoms with Crippen LogP contribution in [0.25, 0.3) is 0 Å². The van der Waals surface area contributed by atoms with Crippen molar-refractivity contribution >= 4 is 11.6 Å². The van der Waals surface area contributed by atoms with Gasteiger partial charge in [-0.1, -0.05) is 11.6 Å². The van der Waals surface area contributed by atoms with Crippen LogP contribution in [-0.4, -0.2) is 54.1 Å². The first-order valence-electron chi connectivity index (χ1n) is 3.19. The van der Waals surface area contributed by atoms with Crippen LogP contribution < -0.4 is 0 Å². The smallest absolute Gasteiger partial charge is 0.154 e. The van der Waals surface area contributed by atoms with E-state index in [-0.39, 0.29) is 6.61 Å². The van der Waals surface area contributed by atoms with Crippen molar-refractivity contribution in [2.24, 2.45) is 0 Å².